The van der Waals surface area contributed by atoms with E-state index in [1.165, 1.54) is 0 Å². The topological polar surface area (TPSA) is 124 Å². The fraction of sp³-hybridized carbons (Fsp3) is 0.412. The minimum Gasteiger partial charge on any atom is -0.493 e. The van der Waals surface area contributed by atoms with Crippen LogP contribution >= 0.6 is 0 Å². The molecule has 0 spiro atoms. The van der Waals surface area contributed by atoms with Gasteiger partial charge in [-0.05, 0) is 23.8 Å². The molecule has 0 unspecified atom stereocenters. The quantitative estimate of drug-likeness (QED) is 0.644. The van der Waals surface area contributed by atoms with Crippen LogP contribution in [0, 0.1) is 5.41 Å². The number of ether oxygens (including phenoxy) is 3. The zero-order valence-corrected chi connectivity index (χ0v) is 14.9. The van der Waals surface area contributed by atoms with Crippen LogP contribution in [0.5, 0.6) is 11.5 Å². The molecule has 1 amide bonds. The second-order valence-corrected chi connectivity index (χ2v) is 6.48. The molecule has 3 heterocycles. The van der Waals surface area contributed by atoms with Crippen LogP contribution in [-0.4, -0.2) is 53.5 Å². The number of aromatic amines is 1. The summed E-state index contributed by atoms with van der Waals surface area (Å²) in [6.45, 7) is 4.02. The molecule has 2 N–H and O–H groups in total. The summed E-state index contributed by atoms with van der Waals surface area (Å²) in [5.74, 6) is 0.829. The van der Waals surface area contributed by atoms with Crippen LogP contribution in [0.3, 0.4) is 0 Å². The monoisotopic (exact) mass is 373 g/mol. The van der Waals surface area contributed by atoms with E-state index in [2.05, 4.69) is 32.9 Å². The van der Waals surface area contributed by atoms with Gasteiger partial charge in [0.05, 0.1) is 32.3 Å². The molecule has 2 aromatic heterocycles. The SMILES string of the molecule is CCC1(COc2cc3oc(C(=O)Nc4nn[nH]n4)cc3cc2OC)COC1. The van der Waals surface area contributed by atoms with Gasteiger partial charge >= 0.3 is 0 Å². The Labute approximate surface area is 154 Å². The lowest BCUT2D eigenvalue weighted by Gasteiger charge is -2.40. The van der Waals surface area contributed by atoms with Gasteiger partial charge in [-0.2, -0.15) is 5.21 Å². The van der Waals surface area contributed by atoms with E-state index in [1.54, 1.807) is 25.3 Å². The fourth-order valence-electron chi connectivity index (χ4n) is 2.82. The average Bonchev–Trinajstić information content (AvgIpc) is 3.29. The second kappa shape index (κ2) is 6.88. The zero-order valence-electron chi connectivity index (χ0n) is 14.9. The Bertz CT molecular complexity index is 943. The summed E-state index contributed by atoms with van der Waals surface area (Å²) in [4.78, 5) is 12.3. The molecule has 0 bridgehead atoms. The number of nitrogens with zero attached hydrogens (tertiary/aromatic N) is 3. The van der Waals surface area contributed by atoms with E-state index in [9.17, 15) is 4.79 Å². The van der Waals surface area contributed by atoms with Gasteiger partial charge in [0.1, 0.15) is 5.58 Å². The molecule has 1 saturated heterocycles. The summed E-state index contributed by atoms with van der Waals surface area (Å²) in [6, 6.07) is 5.11. The number of fused-ring (bicyclic) bond motifs is 1. The van der Waals surface area contributed by atoms with Gasteiger partial charge < -0.3 is 18.6 Å². The van der Waals surface area contributed by atoms with Crippen molar-refractivity contribution in [2.45, 2.75) is 13.3 Å². The number of carbonyl (C=O) groups excluding carboxylic acids is 1. The molecule has 1 aromatic carbocycles. The molecule has 4 rings (SSSR count). The molecule has 0 aliphatic carbocycles. The smallest absolute Gasteiger partial charge is 0.293 e. The van der Waals surface area contributed by atoms with Crippen molar-refractivity contribution in [2.24, 2.45) is 5.41 Å². The standard InChI is InChI=1S/C17H19N5O5/c1-3-17(7-25-8-17)9-26-13-6-11-10(4-12(13)24-2)5-14(27-11)15(23)18-16-19-21-22-20-16/h4-6H,3,7-9H2,1-2H3,(H2,18,19,20,21,22,23). The van der Waals surface area contributed by atoms with E-state index in [0.717, 1.165) is 11.8 Å². The van der Waals surface area contributed by atoms with Gasteiger partial charge in [0.25, 0.3) is 11.9 Å². The van der Waals surface area contributed by atoms with E-state index in [1.807, 2.05) is 0 Å². The lowest BCUT2D eigenvalue weighted by Crippen LogP contribution is -2.46. The molecule has 10 heteroatoms. The van der Waals surface area contributed by atoms with Crippen LogP contribution in [0.2, 0.25) is 0 Å². The number of tetrazole rings is 1. The molecule has 0 saturated carbocycles. The maximum Gasteiger partial charge on any atom is 0.293 e. The van der Waals surface area contributed by atoms with Gasteiger partial charge in [0.2, 0.25) is 0 Å². The van der Waals surface area contributed by atoms with Gasteiger partial charge in [-0.25, -0.2) is 0 Å². The number of furan rings is 1. The lowest BCUT2D eigenvalue weighted by molar-refractivity contribution is -0.133. The number of benzene rings is 1. The number of amides is 1. The first-order chi connectivity index (χ1) is 13.1. The molecular weight excluding hydrogens is 354 g/mol. The Morgan fingerprint density at radius 1 is 1.33 bits per heavy atom. The third-order valence-electron chi connectivity index (χ3n) is 4.70. The summed E-state index contributed by atoms with van der Waals surface area (Å²) < 4.78 is 22.4. The Hall–Kier alpha value is -3.14. The maximum absolute atomic E-state index is 12.3. The number of aromatic nitrogens is 4. The van der Waals surface area contributed by atoms with Crippen molar-refractivity contribution in [3.63, 3.8) is 0 Å². The van der Waals surface area contributed by atoms with E-state index < -0.39 is 5.91 Å². The normalized spacial score (nSPS) is 15.3. The Balaban J connectivity index is 1.56. The molecule has 1 aliphatic rings. The van der Waals surface area contributed by atoms with Crippen molar-refractivity contribution in [1.82, 2.24) is 20.6 Å². The summed E-state index contributed by atoms with van der Waals surface area (Å²) in [6.07, 6.45) is 0.971. The molecule has 0 radical (unpaired) electrons. The van der Waals surface area contributed by atoms with Crippen LogP contribution in [0.4, 0.5) is 5.95 Å². The van der Waals surface area contributed by atoms with Crippen LogP contribution in [-0.2, 0) is 4.74 Å². The van der Waals surface area contributed by atoms with Gasteiger partial charge in [0.15, 0.2) is 17.3 Å². The highest BCUT2D eigenvalue weighted by atomic mass is 16.5. The van der Waals surface area contributed by atoms with Crippen molar-refractivity contribution < 1.29 is 23.4 Å². The first kappa shape index (κ1) is 17.3. The van der Waals surface area contributed by atoms with Gasteiger partial charge in [0, 0.05) is 11.5 Å². The van der Waals surface area contributed by atoms with E-state index in [4.69, 9.17) is 18.6 Å². The third-order valence-corrected chi connectivity index (χ3v) is 4.70. The fourth-order valence-corrected chi connectivity index (χ4v) is 2.82. The van der Waals surface area contributed by atoms with Crippen molar-refractivity contribution in [3.8, 4) is 11.5 Å². The first-order valence-corrected chi connectivity index (χ1v) is 8.49. The largest absolute Gasteiger partial charge is 0.493 e. The van der Waals surface area contributed by atoms with Crippen LogP contribution in [0.15, 0.2) is 22.6 Å². The molecule has 3 aromatic rings. The number of nitrogens with one attached hydrogen (secondary N) is 2. The first-order valence-electron chi connectivity index (χ1n) is 8.49. The summed E-state index contributed by atoms with van der Waals surface area (Å²) >= 11 is 0. The van der Waals surface area contributed by atoms with Crippen molar-refractivity contribution in [1.29, 1.82) is 0 Å². The van der Waals surface area contributed by atoms with E-state index in [0.29, 0.717) is 36.9 Å². The highest BCUT2D eigenvalue weighted by Crippen LogP contribution is 2.37. The summed E-state index contributed by atoms with van der Waals surface area (Å²) in [5, 5.41) is 16.2. The Morgan fingerprint density at radius 3 is 2.81 bits per heavy atom. The van der Waals surface area contributed by atoms with E-state index >= 15 is 0 Å². The van der Waals surface area contributed by atoms with E-state index in [-0.39, 0.29) is 17.1 Å². The minimum atomic E-state index is -0.481. The predicted octanol–water partition coefficient (Wildman–Crippen LogP) is 2.01. The summed E-state index contributed by atoms with van der Waals surface area (Å²) in [7, 11) is 1.57. The molecule has 1 fully saturated rings. The molecular formula is C17H19N5O5. The van der Waals surface area contributed by atoms with Crippen molar-refractivity contribution in [3.05, 3.63) is 24.0 Å². The number of rotatable bonds is 7. The molecule has 0 atom stereocenters. The van der Waals surface area contributed by atoms with Crippen molar-refractivity contribution in [2.75, 3.05) is 32.2 Å². The molecule has 10 nitrogen and oxygen atoms in total. The maximum atomic E-state index is 12.3. The van der Waals surface area contributed by atoms with Crippen LogP contribution in [0.25, 0.3) is 11.0 Å². The number of anilines is 1. The number of H-pyrrole nitrogens is 1. The third kappa shape index (κ3) is 3.31. The highest BCUT2D eigenvalue weighted by molar-refractivity contribution is 6.03. The summed E-state index contributed by atoms with van der Waals surface area (Å²) in [5.41, 5.74) is 0.554. The van der Waals surface area contributed by atoms with Crippen molar-refractivity contribution >= 4 is 22.8 Å². The number of methoxy groups -OCH3 is 1. The molecule has 1 aliphatic heterocycles. The zero-order chi connectivity index (χ0) is 18.9. The van der Waals surface area contributed by atoms with Crippen LogP contribution < -0.4 is 14.8 Å². The number of hydrogen-bond donors (Lipinski definition) is 2. The number of carbonyl (C=O) groups is 1. The molecule has 142 valence electrons. The lowest BCUT2D eigenvalue weighted by atomic mass is 9.84. The molecule has 27 heavy (non-hydrogen) atoms. The minimum absolute atomic E-state index is 0.0404. The van der Waals surface area contributed by atoms with Gasteiger partial charge in [-0.3, -0.25) is 10.1 Å². The van der Waals surface area contributed by atoms with Gasteiger partial charge in [-0.1, -0.05) is 12.0 Å². The van der Waals surface area contributed by atoms with Gasteiger partial charge in [-0.15, -0.1) is 5.10 Å². The second-order valence-electron chi connectivity index (χ2n) is 6.48. The Kier molecular flexibility index (Phi) is 4.40. The number of hydrogen-bond acceptors (Lipinski definition) is 8. The highest BCUT2D eigenvalue weighted by Gasteiger charge is 2.38. The predicted molar refractivity (Wildman–Crippen MR) is 93.9 cm³/mol. The van der Waals surface area contributed by atoms with Crippen LogP contribution in [0.1, 0.15) is 23.9 Å². The average molecular weight is 373 g/mol. The Morgan fingerprint density at radius 2 is 2.19 bits per heavy atom.